The van der Waals surface area contributed by atoms with Crippen molar-refractivity contribution >= 4 is 27.0 Å². The van der Waals surface area contributed by atoms with Crippen molar-refractivity contribution in [3.63, 3.8) is 0 Å². The molecular weight excluding hydrogens is 314 g/mol. The molecule has 0 amide bonds. The zero-order valence-electron chi connectivity index (χ0n) is 10.6. The molecule has 1 aliphatic carbocycles. The molecule has 1 aromatic heterocycles. The van der Waals surface area contributed by atoms with Crippen LogP contribution in [0.1, 0.15) is 43.0 Å². The van der Waals surface area contributed by atoms with Crippen LogP contribution < -0.4 is 0 Å². The molecular formula is C14H15BrF2N2. The van der Waals surface area contributed by atoms with E-state index in [4.69, 9.17) is 0 Å². The number of nitrogens with zero attached hydrogens (tertiary/aromatic N) is 1. The zero-order valence-corrected chi connectivity index (χ0v) is 12.2. The molecule has 2 aromatic rings. The van der Waals surface area contributed by atoms with E-state index in [9.17, 15) is 8.78 Å². The van der Waals surface area contributed by atoms with E-state index in [0.29, 0.717) is 12.8 Å². The second-order valence-electron chi connectivity index (χ2n) is 5.37. The van der Waals surface area contributed by atoms with Crippen molar-refractivity contribution in [1.82, 2.24) is 9.97 Å². The summed E-state index contributed by atoms with van der Waals surface area (Å²) in [4.78, 5) is 7.89. The molecule has 2 nitrogen and oxygen atoms in total. The molecule has 0 unspecified atom stereocenters. The summed E-state index contributed by atoms with van der Waals surface area (Å²) < 4.78 is 27.4. The summed E-state index contributed by atoms with van der Waals surface area (Å²) in [5.41, 5.74) is 3.00. The molecule has 102 valence electrons. The summed E-state index contributed by atoms with van der Waals surface area (Å²) in [5, 5.41) is 0. The van der Waals surface area contributed by atoms with Gasteiger partial charge in [0.2, 0.25) is 5.92 Å². The van der Waals surface area contributed by atoms with E-state index in [1.165, 1.54) is 0 Å². The number of aryl methyl sites for hydroxylation is 1. The molecule has 1 heterocycles. The summed E-state index contributed by atoms with van der Waals surface area (Å²) >= 11 is 3.46. The number of nitrogens with one attached hydrogen (secondary N) is 1. The van der Waals surface area contributed by atoms with E-state index >= 15 is 0 Å². The zero-order chi connectivity index (χ0) is 13.6. The van der Waals surface area contributed by atoms with Crippen molar-refractivity contribution in [2.75, 3.05) is 0 Å². The Hall–Kier alpha value is -0.970. The molecule has 0 radical (unpaired) electrons. The smallest absolute Gasteiger partial charge is 0.248 e. The number of halogens is 3. The van der Waals surface area contributed by atoms with Gasteiger partial charge in [0.25, 0.3) is 0 Å². The maximum absolute atomic E-state index is 13.2. The van der Waals surface area contributed by atoms with Crippen LogP contribution >= 0.6 is 15.9 Å². The van der Waals surface area contributed by atoms with Crippen LogP contribution in [0.2, 0.25) is 0 Å². The van der Waals surface area contributed by atoms with Gasteiger partial charge in [0.15, 0.2) is 0 Å². The Kier molecular flexibility index (Phi) is 3.12. The lowest BCUT2D eigenvalue weighted by Gasteiger charge is -2.26. The Bertz CT molecular complexity index is 611. The molecule has 0 aliphatic heterocycles. The van der Waals surface area contributed by atoms with E-state index in [0.717, 1.165) is 26.9 Å². The fourth-order valence-corrected chi connectivity index (χ4v) is 3.34. The van der Waals surface area contributed by atoms with Gasteiger partial charge in [-0.2, -0.15) is 0 Å². The van der Waals surface area contributed by atoms with E-state index in [2.05, 4.69) is 25.9 Å². The lowest BCUT2D eigenvalue weighted by Crippen LogP contribution is -2.24. The molecule has 0 bridgehead atoms. The number of fused-ring (bicyclic) bond motifs is 1. The standard InChI is InChI=1S/C14H15BrF2N2/c1-8-6-10(15)7-11-12(8)19-13(18-11)9-2-4-14(16,17)5-3-9/h6-7,9H,2-5H2,1H3,(H,18,19). The maximum atomic E-state index is 13.2. The molecule has 0 spiro atoms. The number of imidazole rings is 1. The van der Waals surface area contributed by atoms with Crippen molar-refractivity contribution in [2.24, 2.45) is 0 Å². The van der Waals surface area contributed by atoms with Crippen molar-refractivity contribution in [3.8, 4) is 0 Å². The van der Waals surface area contributed by atoms with Gasteiger partial charge < -0.3 is 4.98 Å². The topological polar surface area (TPSA) is 28.7 Å². The third-order valence-electron chi connectivity index (χ3n) is 3.86. The molecule has 5 heteroatoms. The van der Waals surface area contributed by atoms with Crippen molar-refractivity contribution < 1.29 is 8.78 Å². The van der Waals surface area contributed by atoms with Crippen molar-refractivity contribution in [2.45, 2.75) is 44.4 Å². The summed E-state index contributed by atoms with van der Waals surface area (Å²) in [6.07, 6.45) is 0.953. The number of aromatic amines is 1. The molecule has 0 atom stereocenters. The summed E-state index contributed by atoms with van der Waals surface area (Å²) in [6, 6.07) is 4.00. The second kappa shape index (κ2) is 4.54. The fourth-order valence-electron chi connectivity index (χ4n) is 2.77. The first kappa shape index (κ1) is 13.0. The number of hydrogen-bond acceptors (Lipinski definition) is 1. The van der Waals surface area contributed by atoms with Gasteiger partial charge in [0.05, 0.1) is 11.0 Å². The molecule has 3 rings (SSSR count). The Morgan fingerprint density at radius 1 is 1.32 bits per heavy atom. The molecule has 1 N–H and O–H groups in total. The van der Waals surface area contributed by atoms with Gasteiger partial charge >= 0.3 is 0 Å². The van der Waals surface area contributed by atoms with Gasteiger partial charge in [-0.1, -0.05) is 15.9 Å². The minimum atomic E-state index is -2.48. The highest BCUT2D eigenvalue weighted by molar-refractivity contribution is 9.10. The van der Waals surface area contributed by atoms with Crippen LogP contribution in [0.4, 0.5) is 8.78 Å². The van der Waals surface area contributed by atoms with E-state index in [1.54, 1.807) is 0 Å². The minimum Gasteiger partial charge on any atom is -0.342 e. The summed E-state index contributed by atoms with van der Waals surface area (Å²) in [5.74, 6) is -1.50. The second-order valence-corrected chi connectivity index (χ2v) is 6.29. The highest BCUT2D eigenvalue weighted by Gasteiger charge is 2.36. The Labute approximate surface area is 118 Å². The van der Waals surface area contributed by atoms with Crippen LogP contribution in [0.3, 0.4) is 0 Å². The average Bonchev–Trinajstić information content (AvgIpc) is 2.72. The van der Waals surface area contributed by atoms with Gasteiger partial charge in [-0.15, -0.1) is 0 Å². The van der Waals surface area contributed by atoms with Crippen LogP contribution in [0, 0.1) is 6.92 Å². The van der Waals surface area contributed by atoms with Crippen molar-refractivity contribution in [3.05, 3.63) is 28.0 Å². The molecule has 1 saturated carbocycles. The highest BCUT2D eigenvalue weighted by atomic mass is 79.9. The lowest BCUT2D eigenvalue weighted by atomic mass is 9.86. The van der Waals surface area contributed by atoms with E-state index in [1.807, 2.05) is 19.1 Å². The van der Waals surface area contributed by atoms with Gasteiger partial charge in [-0.3, -0.25) is 0 Å². The fraction of sp³-hybridized carbons (Fsp3) is 0.500. The van der Waals surface area contributed by atoms with Crippen LogP contribution in [0.15, 0.2) is 16.6 Å². The Balaban J connectivity index is 1.92. The normalized spacial score (nSPS) is 20.0. The molecule has 1 aromatic carbocycles. The first-order valence-corrected chi connectivity index (χ1v) is 7.27. The number of rotatable bonds is 1. The quantitative estimate of drug-likeness (QED) is 0.790. The summed E-state index contributed by atoms with van der Waals surface area (Å²) in [6.45, 7) is 2.01. The first-order chi connectivity index (χ1) is 8.94. The number of alkyl halides is 2. The molecule has 0 saturated heterocycles. The third-order valence-corrected chi connectivity index (χ3v) is 4.32. The van der Waals surface area contributed by atoms with Gasteiger partial charge in [0.1, 0.15) is 5.82 Å². The van der Waals surface area contributed by atoms with Crippen LogP contribution in [-0.2, 0) is 0 Å². The SMILES string of the molecule is Cc1cc(Br)cc2[nH]c(C3CCC(F)(F)CC3)nc12. The first-order valence-electron chi connectivity index (χ1n) is 6.48. The van der Waals surface area contributed by atoms with Crippen LogP contribution in [-0.4, -0.2) is 15.9 Å². The van der Waals surface area contributed by atoms with Gasteiger partial charge in [-0.05, 0) is 37.5 Å². The van der Waals surface area contributed by atoms with Gasteiger partial charge in [-0.25, -0.2) is 13.8 Å². The molecule has 1 fully saturated rings. The number of benzene rings is 1. The lowest BCUT2D eigenvalue weighted by molar-refractivity contribution is -0.0387. The van der Waals surface area contributed by atoms with Crippen LogP contribution in [0.5, 0.6) is 0 Å². The highest BCUT2D eigenvalue weighted by Crippen LogP contribution is 2.40. The minimum absolute atomic E-state index is 0.0304. The van der Waals surface area contributed by atoms with E-state index in [-0.39, 0.29) is 18.8 Å². The molecule has 19 heavy (non-hydrogen) atoms. The monoisotopic (exact) mass is 328 g/mol. The van der Waals surface area contributed by atoms with Crippen molar-refractivity contribution in [1.29, 1.82) is 0 Å². The third kappa shape index (κ3) is 2.53. The average molecular weight is 329 g/mol. The predicted molar refractivity (Wildman–Crippen MR) is 74.7 cm³/mol. The predicted octanol–water partition coefficient (Wildman–Crippen LogP) is 4.93. The maximum Gasteiger partial charge on any atom is 0.248 e. The number of hydrogen-bond donors (Lipinski definition) is 1. The van der Waals surface area contributed by atoms with E-state index < -0.39 is 5.92 Å². The largest absolute Gasteiger partial charge is 0.342 e. The molecule has 1 aliphatic rings. The summed E-state index contributed by atoms with van der Waals surface area (Å²) in [7, 11) is 0. The Morgan fingerprint density at radius 3 is 2.68 bits per heavy atom. The Morgan fingerprint density at radius 2 is 2.00 bits per heavy atom. The number of aromatic nitrogens is 2. The van der Waals surface area contributed by atoms with Crippen LogP contribution in [0.25, 0.3) is 11.0 Å². The number of H-pyrrole nitrogens is 1. The van der Waals surface area contributed by atoms with Gasteiger partial charge in [0, 0.05) is 23.2 Å².